The van der Waals surface area contributed by atoms with E-state index < -0.39 is 5.41 Å². The van der Waals surface area contributed by atoms with E-state index >= 15 is 0 Å². The van der Waals surface area contributed by atoms with E-state index in [1.807, 2.05) is 24.4 Å². The van der Waals surface area contributed by atoms with Gasteiger partial charge in [0.05, 0.1) is 16.1 Å². The third kappa shape index (κ3) is 4.84. The van der Waals surface area contributed by atoms with Gasteiger partial charge in [-0.3, -0.25) is 9.78 Å². The number of aryl methyl sites for hydroxylation is 2. The summed E-state index contributed by atoms with van der Waals surface area (Å²) in [6, 6.07) is 12.4. The van der Waals surface area contributed by atoms with Gasteiger partial charge in [0.25, 0.3) is 0 Å². The number of nitrogens with two attached hydrogens (primary N) is 1. The zero-order valence-electron chi connectivity index (χ0n) is 19.3. The van der Waals surface area contributed by atoms with E-state index in [1.165, 1.54) is 5.69 Å². The van der Waals surface area contributed by atoms with Gasteiger partial charge in [-0.15, -0.1) is 0 Å². The summed E-state index contributed by atoms with van der Waals surface area (Å²) < 4.78 is 0. The second kappa shape index (κ2) is 9.80. The van der Waals surface area contributed by atoms with Crippen molar-refractivity contribution >= 4 is 17.5 Å². The first-order valence-corrected chi connectivity index (χ1v) is 12.5. The van der Waals surface area contributed by atoms with Gasteiger partial charge in [-0.1, -0.05) is 41.9 Å². The Kier molecular flexibility index (Phi) is 6.61. The molecule has 3 aromatic rings. The molecule has 2 fully saturated rings. The van der Waals surface area contributed by atoms with Crippen LogP contribution >= 0.6 is 11.6 Å². The minimum Gasteiger partial charge on any atom is -0.369 e. The maximum Gasteiger partial charge on any atom is 0.228 e. The number of hydrogen-bond donors (Lipinski definition) is 2. The Morgan fingerprint density at radius 2 is 1.85 bits per heavy atom. The van der Waals surface area contributed by atoms with Crippen LogP contribution in [-0.2, 0) is 29.5 Å². The molecular weight excluding hydrogens is 446 g/mol. The molecular formula is C27H30ClN5O. The van der Waals surface area contributed by atoms with E-state index in [0.717, 1.165) is 73.4 Å². The minimum absolute atomic E-state index is 0.234. The lowest BCUT2D eigenvalue weighted by Gasteiger charge is -2.22. The molecule has 0 bridgehead atoms. The summed E-state index contributed by atoms with van der Waals surface area (Å²) in [5, 5.41) is 3.97. The van der Waals surface area contributed by atoms with Gasteiger partial charge in [-0.25, -0.2) is 9.97 Å². The van der Waals surface area contributed by atoms with Gasteiger partial charge in [0.2, 0.25) is 5.91 Å². The highest BCUT2D eigenvalue weighted by atomic mass is 35.5. The molecule has 1 aliphatic heterocycles. The second-order valence-corrected chi connectivity index (χ2v) is 9.88. The van der Waals surface area contributed by atoms with Crippen molar-refractivity contribution in [1.29, 1.82) is 0 Å². The zero-order chi connectivity index (χ0) is 23.5. The van der Waals surface area contributed by atoms with Gasteiger partial charge in [-0.2, -0.15) is 0 Å². The van der Waals surface area contributed by atoms with E-state index in [2.05, 4.69) is 28.5 Å². The fraction of sp³-hybridized carbons (Fsp3) is 0.407. The number of carbonyl (C=O) groups is 1. The first-order valence-electron chi connectivity index (χ1n) is 12.1. The van der Waals surface area contributed by atoms with Gasteiger partial charge in [0.15, 0.2) is 0 Å². The van der Waals surface area contributed by atoms with Crippen molar-refractivity contribution in [3.05, 3.63) is 87.7 Å². The number of nitrogens with zero attached hydrogens (tertiary/aromatic N) is 3. The van der Waals surface area contributed by atoms with Crippen molar-refractivity contribution in [3.8, 4) is 0 Å². The molecule has 5 rings (SSSR count). The van der Waals surface area contributed by atoms with Gasteiger partial charge < -0.3 is 11.1 Å². The maximum atomic E-state index is 12.1. The van der Waals surface area contributed by atoms with E-state index in [1.54, 1.807) is 6.20 Å². The number of benzene rings is 1. The Balaban J connectivity index is 1.27. The summed E-state index contributed by atoms with van der Waals surface area (Å²) in [5.74, 6) is 1.04. The number of piperidine rings is 1. The number of primary amides is 1. The standard InChI is InChI=1S/C27H30ClN5O/c28-22-17-32-25(15-18-5-7-23(31-16-18)20-9-13-30-14-10-20)33-24(22)8-6-19-3-1-2-4-21(19)27(11-12-27)26(29)34/h1-5,7,16-17,20,30H,6,8-15H2,(H2,29,34). The Hall–Kier alpha value is -2.83. The molecule has 7 heteroatoms. The fourth-order valence-electron chi connectivity index (χ4n) is 5.02. The number of nitrogens with one attached hydrogen (secondary N) is 1. The average molecular weight is 476 g/mol. The molecule has 2 aromatic heterocycles. The van der Waals surface area contributed by atoms with Crippen molar-refractivity contribution < 1.29 is 4.79 Å². The summed E-state index contributed by atoms with van der Waals surface area (Å²) in [4.78, 5) is 26.0. The molecule has 1 saturated carbocycles. The molecule has 0 spiro atoms. The number of carbonyl (C=O) groups excluding carboxylic acids is 1. The van der Waals surface area contributed by atoms with Crippen LogP contribution in [-0.4, -0.2) is 33.9 Å². The number of amides is 1. The highest BCUT2D eigenvalue weighted by molar-refractivity contribution is 6.31. The highest BCUT2D eigenvalue weighted by Gasteiger charge is 2.50. The first-order chi connectivity index (χ1) is 16.5. The lowest BCUT2D eigenvalue weighted by atomic mass is 9.88. The smallest absolute Gasteiger partial charge is 0.228 e. The maximum absolute atomic E-state index is 12.1. The van der Waals surface area contributed by atoms with Crippen LogP contribution in [0.5, 0.6) is 0 Å². The molecule has 1 saturated heterocycles. The molecule has 176 valence electrons. The number of hydrogen-bond acceptors (Lipinski definition) is 5. The van der Waals surface area contributed by atoms with Gasteiger partial charge in [0, 0.05) is 30.4 Å². The van der Waals surface area contributed by atoms with Crippen LogP contribution in [0.1, 0.15) is 65.5 Å². The fourth-order valence-corrected chi connectivity index (χ4v) is 5.20. The molecule has 0 atom stereocenters. The third-order valence-electron chi connectivity index (χ3n) is 7.22. The van der Waals surface area contributed by atoms with Crippen molar-refractivity contribution in [2.24, 2.45) is 5.73 Å². The van der Waals surface area contributed by atoms with Crippen molar-refractivity contribution in [2.75, 3.05) is 13.1 Å². The minimum atomic E-state index is -0.496. The van der Waals surface area contributed by atoms with Crippen LogP contribution in [0.3, 0.4) is 0 Å². The van der Waals surface area contributed by atoms with Gasteiger partial charge >= 0.3 is 0 Å². The number of aromatic nitrogens is 3. The first kappa shape index (κ1) is 22.9. The monoisotopic (exact) mass is 475 g/mol. The van der Waals surface area contributed by atoms with Crippen LogP contribution in [0.2, 0.25) is 5.02 Å². The normalized spacial score (nSPS) is 17.4. The average Bonchev–Trinajstić information content (AvgIpc) is 3.68. The number of halogens is 1. The van der Waals surface area contributed by atoms with E-state index in [9.17, 15) is 4.79 Å². The summed E-state index contributed by atoms with van der Waals surface area (Å²) in [5.41, 5.74) is 10.5. The molecule has 1 aromatic carbocycles. The van der Waals surface area contributed by atoms with Crippen molar-refractivity contribution in [1.82, 2.24) is 20.3 Å². The number of pyridine rings is 1. The predicted octanol–water partition coefficient (Wildman–Crippen LogP) is 3.88. The molecule has 2 aliphatic rings. The van der Waals surface area contributed by atoms with Gasteiger partial charge in [-0.05, 0) is 74.4 Å². The van der Waals surface area contributed by atoms with E-state index in [-0.39, 0.29) is 5.91 Å². The topological polar surface area (TPSA) is 93.8 Å². The Morgan fingerprint density at radius 1 is 1.06 bits per heavy atom. The molecule has 3 heterocycles. The predicted molar refractivity (Wildman–Crippen MR) is 133 cm³/mol. The van der Waals surface area contributed by atoms with Crippen LogP contribution in [0.25, 0.3) is 0 Å². The summed E-state index contributed by atoms with van der Waals surface area (Å²) in [6.45, 7) is 2.12. The van der Waals surface area contributed by atoms with Gasteiger partial charge in [0.1, 0.15) is 5.82 Å². The molecule has 1 aliphatic carbocycles. The molecule has 3 N–H and O–H groups in total. The Bertz CT molecular complexity index is 1170. The Morgan fingerprint density at radius 3 is 2.56 bits per heavy atom. The Labute approximate surface area is 205 Å². The zero-order valence-corrected chi connectivity index (χ0v) is 20.0. The largest absolute Gasteiger partial charge is 0.369 e. The van der Waals surface area contributed by atoms with Crippen LogP contribution in [0, 0.1) is 0 Å². The molecule has 34 heavy (non-hydrogen) atoms. The summed E-state index contributed by atoms with van der Waals surface area (Å²) >= 11 is 6.45. The SMILES string of the molecule is NC(=O)C1(c2ccccc2CCc2nc(Cc3ccc(C4CCNCC4)nc3)ncc2Cl)CC1. The second-order valence-electron chi connectivity index (χ2n) is 9.48. The summed E-state index contributed by atoms with van der Waals surface area (Å²) in [6.07, 6.45) is 9.59. The van der Waals surface area contributed by atoms with Crippen molar-refractivity contribution in [3.63, 3.8) is 0 Å². The van der Waals surface area contributed by atoms with Crippen LogP contribution in [0.4, 0.5) is 0 Å². The quantitative estimate of drug-likeness (QED) is 0.515. The molecule has 0 unspecified atom stereocenters. The lowest BCUT2D eigenvalue weighted by Crippen LogP contribution is -2.29. The third-order valence-corrected chi connectivity index (χ3v) is 7.54. The van der Waals surface area contributed by atoms with Crippen LogP contribution in [0.15, 0.2) is 48.8 Å². The van der Waals surface area contributed by atoms with E-state index in [4.69, 9.17) is 27.3 Å². The summed E-state index contributed by atoms with van der Waals surface area (Å²) in [7, 11) is 0. The molecule has 6 nitrogen and oxygen atoms in total. The van der Waals surface area contributed by atoms with E-state index in [0.29, 0.717) is 23.8 Å². The highest BCUT2D eigenvalue weighted by Crippen LogP contribution is 2.49. The molecule has 1 amide bonds. The van der Waals surface area contributed by atoms with Crippen LogP contribution < -0.4 is 11.1 Å². The number of rotatable bonds is 8. The lowest BCUT2D eigenvalue weighted by molar-refractivity contribution is -0.120. The molecule has 0 radical (unpaired) electrons. The van der Waals surface area contributed by atoms with Crippen molar-refractivity contribution in [2.45, 2.75) is 56.3 Å².